The number of nitrogens with one attached hydrogen (secondary N) is 1. The summed E-state index contributed by atoms with van der Waals surface area (Å²) >= 11 is 0. The average Bonchev–Trinajstić information content (AvgIpc) is 2.67. The number of hydrogen-bond donors (Lipinski definition) is 1. The predicted molar refractivity (Wildman–Crippen MR) is 109 cm³/mol. The molecular formula is C23H30FNO2. The Morgan fingerprint density at radius 3 is 2.63 bits per heavy atom. The van der Waals surface area contributed by atoms with Crippen LogP contribution in [-0.2, 0) is 4.74 Å². The van der Waals surface area contributed by atoms with Gasteiger partial charge in [0.15, 0.2) is 0 Å². The van der Waals surface area contributed by atoms with E-state index >= 15 is 0 Å². The van der Waals surface area contributed by atoms with Crippen molar-refractivity contribution in [3.63, 3.8) is 0 Å². The molecule has 0 aliphatic heterocycles. The fourth-order valence-corrected chi connectivity index (χ4v) is 3.08. The van der Waals surface area contributed by atoms with Crippen molar-refractivity contribution in [3.8, 4) is 11.1 Å². The van der Waals surface area contributed by atoms with Crippen LogP contribution in [0.4, 0.5) is 14.9 Å². The molecule has 0 spiro atoms. The molecule has 0 heterocycles. The van der Waals surface area contributed by atoms with E-state index in [1.807, 2.05) is 24.3 Å². The molecule has 1 atom stereocenters. The number of aryl methyl sites for hydroxylation is 1. The molecule has 0 radical (unpaired) electrons. The van der Waals surface area contributed by atoms with E-state index in [2.05, 4.69) is 19.2 Å². The molecule has 1 unspecified atom stereocenters. The third-order valence-electron chi connectivity index (χ3n) is 4.88. The first-order valence-corrected chi connectivity index (χ1v) is 9.84. The Morgan fingerprint density at radius 2 is 1.93 bits per heavy atom. The summed E-state index contributed by atoms with van der Waals surface area (Å²) in [5.41, 5.74) is 2.93. The Labute approximate surface area is 161 Å². The van der Waals surface area contributed by atoms with Crippen molar-refractivity contribution >= 4 is 11.8 Å². The largest absolute Gasteiger partial charge is 0.449 e. The third-order valence-corrected chi connectivity index (χ3v) is 4.88. The number of anilines is 1. The number of amides is 1. The minimum Gasteiger partial charge on any atom is -0.449 e. The van der Waals surface area contributed by atoms with Crippen molar-refractivity contribution in [1.29, 1.82) is 0 Å². The maximum atomic E-state index is 13.6. The average molecular weight is 371 g/mol. The van der Waals surface area contributed by atoms with Crippen molar-refractivity contribution in [2.45, 2.75) is 52.9 Å². The van der Waals surface area contributed by atoms with Crippen LogP contribution in [0.15, 0.2) is 42.5 Å². The lowest BCUT2D eigenvalue weighted by molar-refractivity contribution is 0.136. The monoisotopic (exact) mass is 371 g/mol. The van der Waals surface area contributed by atoms with Gasteiger partial charge >= 0.3 is 6.09 Å². The summed E-state index contributed by atoms with van der Waals surface area (Å²) in [7, 11) is 0. The number of hydrogen-bond acceptors (Lipinski definition) is 2. The number of carbonyl (C=O) groups is 1. The molecule has 27 heavy (non-hydrogen) atoms. The van der Waals surface area contributed by atoms with Gasteiger partial charge in [-0.05, 0) is 48.6 Å². The minimum absolute atomic E-state index is 0.239. The molecule has 1 amide bonds. The van der Waals surface area contributed by atoms with Gasteiger partial charge in [0.25, 0.3) is 0 Å². The van der Waals surface area contributed by atoms with Crippen LogP contribution in [0.25, 0.3) is 11.1 Å². The van der Waals surface area contributed by atoms with Crippen LogP contribution in [0.3, 0.4) is 0 Å². The van der Waals surface area contributed by atoms with Gasteiger partial charge in [0.2, 0.25) is 0 Å². The first-order chi connectivity index (χ1) is 13.0. The molecule has 0 aromatic heterocycles. The fourth-order valence-electron chi connectivity index (χ4n) is 3.08. The topological polar surface area (TPSA) is 38.3 Å². The number of benzene rings is 2. The van der Waals surface area contributed by atoms with E-state index in [1.54, 1.807) is 19.1 Å². The number of rotatable bonds is 9. The maximum Gasteiger partial charge on any atom is 0.411 e. The van der Waals surface area contributed by atoms with Crippen LogP contribution in [0.1, 0.15) is 51.5 Å². The molecule has 3 nitrogen and oxygen atoms in total. The van der Waals surface area contributed by atoms with Crippen molar-refractivity contribution in [1.82, 2.24) is 0 Å². The predicted octanol–water partition coefficient (Wildman–Crippen LogP) is 6.96. The maximum absolute atomic E-state index is 13.6. The number of carbonyl (C=O) groups excluding carboxylic acids is 1. The molecule has 0 saturated carbocycles. The summed E-state index contributed by atoms with van der Waals surface area (Å²) in [6, 6.07) is 12.4. The molecule has 0 aliphatic rings. The zero-order chi connectivity index (χ0) is 19.6. The lowest BCUT2D eigenvalue weighted by atomic mass is 10.00. The Hall–Kier alpha value is -2.36. The molecule has 2 rings (SSSR count). The van der Waals surface area contributed by atoms with E-state index in [-0.39, 0.29) is 5.82 Å². The first-order valence-electron chi connectivity index (χ1n) is 9.84. The summed E-state index contributed by atoms with van der Waals surface area (Å²) in [5.74, 6) is 0.162. The number of ether oxygens (including phenoxy) is 1. The van der Waals surface area contributed by atoms with Crippen LogP contribution in [0.5, 0.6) is 0 Å². The number of unbranched alkanes of at least 4 members (excludes halogenated alkanes) is 2. The highest BCUT2D eigenvalue weighted by molar-refractivity contribution is 5.91. The Kier molecular flexibility index (Phi) is 8.31. The lowest BCUT2D eigenvalue weighted by Crippen LogP contribution is -2.19. The van der Waals surface area contributed by atoms with E-state index in [1.165, 1.54) is 25.3 Å². The molecule has 146 valence electrons. The summed E-state index contributed by atoms with van der Waals surface area (Å²) in [6.07, 6.45) is 5.22. The quantitative estimate of drug-likeness (QED) is 0.484. The number of para-hydroxylation sites is 1. The highest BCUT2D eigenvalue weighted by Crippen LogP contribution is 2.29. The van der Waals surface area contributed by atoms with Gasteiger partial charge in [-0.15, -0.1) is 0 Å². The Morgan fingerprint density at radius 1 is 1.15 bits per heavy atom. The molecule has 0 bridgehead atoms. The molecular weight excluding hydrogens is 341 g/mol. The van der Waals surface area contributed by atoms with Gasteiger partial charge in [-0.3, -0.25) is 5.32 Å². The van der Waals surface area contributed by atoms with Crippen molar-refractivity contribution < 1.29 is 13.9 Å². The van der Waals surface area contributed by atoms with Crippen LogP contribution in [-0.4, -0.2) is 12.7 Å². The van der Waals surface area contributed by atoms with Gasteiger partial charge in [-0.1, -0.05) is 63.8 Å². The van der Waals surface area contributed by atoms with Crippen LogP contribution >= 0.6 is 0 Å². The number of halogens is 1. The van der Waals surface area contributed by atoms with E-state index in [9.17, 15) is 9.18 Å². The minimum atomic E-state index is -0.449. The van der Waals surface area contributed by atoms with Crippen LogP contribution < -0.4 is 5.32 Å². The van der Waals surface area contributed by atoms with E-state index in [4.69, 9.17) is 4.74 Å². The van der Waals surface area contributed by atoms with E-state index in [0.29, 0.717) is 23.8 Å². The lowest BCUT2D eigenvalue weighted by Gasteiger charge is -2.16. The highest BCUT2D eigenvalue weighted by Gasteiger charge is 2.13. The van der Waals surface area contributed by atoms with Gasteiger partial charge in [-0.25, -0.2) is 9.18 Å². The van der Waals surface area contributed by atoms with Gasteiger partial charge in [0.05, 0.1) is 12.3 Å². The molecule has 0 saturated heterocycles. The normalized spacial score (nSPS) is 11.9. The second kappa shape index (κ2) is 10.7. The van der Waals surface area contributed by atoms with Crippen LogP contribution in [0, 0.1) is 18.7 Å². The summed E-state index contributed by atoms with van der Waals surface area (Å²) < 4.78 is 19.0. The van der Waals surface area contributed by atoms with Crippen molar-refractivity contribution in [3.05, 3.63) is 53.8 Å². The van der Waals surface area contributed by atoms with Crippen LogP contribution in [0.2, 0.25) is 0 Å². The SMILES string of the molecule is CCCCCC(CC)COC(=O)Nc1ccccc1-c1ccc(F)c(C)c1. The molecule has 4 heteroatoms. The second-order valence-electron chi connectivity index (χ2n) is 7.00. The van der Waals surface area contributed by atoms with Gasteiger partial charge < -0.3 is 4.74 Å². The van der Waals surface area contributed by atoms with Gasteiger partial charge in [-0.2, -0.15) is 0 Å². The highest BCUT2D eigenvalue weighted by atomic mass is 19.1. The van der Waals surface area contributed by atoms with E-state index in [0.717, 1.165) is 24.0 Å². The Balaban J connectivity index is 2.00. The molecule has 0 fully saturated rings. The van der Waals surface area contributed by atoms with Crippen molar-refractivity contribution in [2.24, 2.45) is 5.92 Å². The third kappa shape index (κ3) is 6.38. The van der Waals surface area contributed by atoms with Gasteiger partial charge in [0.1, 0.15) is 5.82 Å². The van der Waals surface area contributed by atoms with Gasteiger partial charge in [0, 0.05) is 5.56 Å². The standard InChI is InChI=1S/C23H30FNO2/c1-4-6-7-10-18(5-2)16-27-23(26)25-22-12-9-8-11-20(22)19-13-14-21(24)17(3)15-19/h8-9,11-15,18H,4-7,10,16H2,1-3H3,(H,25,26). The smallest absolute Gasteiger partial charge is 0.411 e. The summed E-state index contributed by atoms with van der Waals surface area (Å²) in [5, 5.41) is 2.83. The molecule has 2 aromatic rings. The zero-order valence-electron chi connectivity index (χ0n) is 16.6. The second-order valence-corrected chi connectivity index (χ2v) is 7.00. The molecule has 1 N–H and O–H groups in total. The zero-order valence-corrected chi connectivity index (χ0v) is 16.6. The van der Waals surface area contributed by atoms with Crippen molar-refractivity contribution in [2.75, 3.05) is 11.9 Å². The molecule has 0 aliphatic carbocycles. The summed E-state index contributed by atoms with van der Waals surface area (Å²) in [6.45, 7) is 6.48. The molecule has 2 aromatic carbocycles. The van der Waals surface area contributed by atoms with E-state index < -0.39 is 6.09 Å². The fraction of sp³-hybridized carbons (Fsp3) is 0.435. The Bertz CT molecular complexity index is 745. The first kappa shape index (κ1) is 20.9. The summed E-state index contributed by atoms with van der Waals surface area (Å²) in [4.78, 5) is 12.3.